The molecule has 20 heavy (non-hydrogen) atoms. The summed E-state index contributed by atoms with van der Waals surface area (Å²) in [4.78, 5) is 11.8. The first-order chi connectivity index (χ1) is 9.65. The lowest BCUT2D eigenvalue weighted by Crippen LogP contribution is -2.27. The number of carbonyl (C=O) groups is 1. The molecular weight excluding hydrogens is 248 g/mol. The van der Waals surface area contributed by atoms with Gasteiger partial charge in [0.25, 0.3) is 0 Å². The van der Waals surface area contributed by atoms with Gasteiger partial charge in [-0.2, -0.15) is 0 Å². The van der Waals surface area contributed by atoms with Gasteiger partial charge in [0.2, 0.25) is 5.91 Å². The number of rotatable bonds is 6. The van der Waals surface area contributed by atoms with Crippen LogP contribution in [0.3, 0.4) is 0 Å². The molecule has 1 amide bonds. The number of hydrogen-bond acceptors (Lipinski definition) is 2. The Balaban J connectivity index is 1.69. The Labute approximate surface area is 122 Å². The van der Waals surface area contributed by atoms with Crippen molar-refractivity contribution in [3.63, 3.8) is 0 Å². The Morgan fingerprint density at radius 3 is 2.70 bits per heavy atom. The van der Waals surface area contributed by atoms with Crippen molar-refractivity contribution in [2.75, 3.05) is 6.54 Å². The second-order valence-electron chi connectivity index (χ2n) is 6.00. The van der Waals surface area contributed by atoms with Crippen LogP contribution in [-0.4, -0.2) is 18.5 Å². The van der Waals surface area contributed by atoms with Gasteiger partial charge < -0.3 is 10.6 Å². The van der Waals surface area contributed by atoms with Gasteiger partial charge in [-0.25, -0.2) is 0 Å². The molecule has 0 saturated carbocycles. The normalized spacial score (nSPS) is 18.4. The van der Waals surface area contributed by atoms with Crippen LogP contribution >= 0.6 is 0 Å². The third kappa shape index (κ3) is 4.64. The van der Waals surface area contributed by atoms with Gasteiger partial charge in [0.15, 0.2) is 0 Å². The van der Waals surface area contributed by atoms with E-state index in [1.807, 2.05) is 0 Å². The number of nitrogens with one attached hydrogen (secondary N) is 2. The van der Waals surface area contributed by atoms with E-state index >= 15 is 0 Å². The molecule has 110 valence electrons. The van der Waals surface area contributed by atoms with Crippen LogP contribution < -0.4 is 10.6 Å². The van der Waals surface area contributed by atoms with Gasteiger partial charge in [0.05, 0.1) is 0 Å². The van der Waals surface area contributed by atoms with Crippen molar-refractivity contribution in [2.24, 2.45) is 0 Å². The summed E-state index contributed by atoms with van der Waals surface area (Å²) in [6.45, 7) is 6.12. The summed E-state index contributed by atoms with van der Waals surface area (Å²) in [6, 6.07) is 9.05. The van der Waals surface area contributed by atoms with Gasteiger partial charge >= 0.3 is 0 Å². The first-order valence-corrected chi connectivity index (χ1v) is 7.74. The minimum atomic E-state index is 0.159. The van der Waals surface area contributed by atoms with Gasteiger partial charge in [-0.1, -0.05) is 38.1 Å². The molecule has 1 unspecified atom stereocenters. The molecule has 3 heteroatoms. The fourth-order valence-electron chi connectivity index (χ4n) is 2.62. The molecule has 0 bridgehead atoms. The maximum Gasteiger partial charge on any atom is 0.220 e. The molecule has 1 fully saturated rings. The Morgan fingerprint density at radius 1 is 1.35 bits per heavy atom. The van der Waals surface area contributed by atoms with Crippen molar-refractivity contribution in [3.05, 3.63) is 35.4 Å². The lowest BCUT2D eigenvalue weighted by molar-refractivity contribution is -0.121. The van der Waals surface area contributed by atoms with Crippen molar-refractivity contribution in [3.8, 4) is 0 Å². The molecule has 1 heterocycles. The molecule has 0 radical (unpaired) electrons. The van der Waals surface area contributed by atoms with E-state index in [0.29, 0.717) is 24.9 Å². The second kappa shape index (κ2) is 7.44. The lowest BCUT2D eigenvalue weighted by Gasteiger charge is -2.11. The number of carbonyl (C=O) groups excluding carboxylic acids is 1. The largest absolute Gasteiger partial charge is 0.352 e. The fraction of sp³-hybridized carbons (Fsp3) is 0.588. The Bertz CT molecular complexity index is 419. The highest BCUT2D eigenvalue weighted by atomic mass is 16.1. The van der Waals surface area contributed by atoms with Crippen LogP contribution in [0.4, 0.5) is 0 Å². The van der Waals surface area contributed by atoms with E-state index in [-0.39, 0.29) is 5.91 Å². The van der Waals surface area contributed by atoms with Crippen LogP contribution in [0.25, 0.3) is 0 Å². The minimum absolute atomic E-state index is 0.159. The quantitative estimate of drug-likeness (QED) is 0.837. The van der Waals surface area contributed by atoms with Crippen LogP contribution in [0.2, 0.25) is 0 Å². The predicted molar refractivity (Wildman–Crippen MR) is 82.6 cm³/mol. The summed E-state index contributed by atoms with van der Waals surface area (Å²) in [5.41, 5.74) is 2.51. The minimum Gasteiger partial charge on any atom is -0.352 e. The molecule has 1 aliphatic heterocycles. The van der Waals surface area contributed by atoms with Crippen molar-refractivity contribution >= 4 is 5.91 Å². The van der Waals surface area contributed by atoms with E-state index in [1.54, 1.807) is 0 Å². The third-order valence-electron chi connectivity index (χ3n) is 4.02. The van der Waals surface area contributed by atoms with Crippen LogP contribution in [0, 0.1) is 0 Å². The van der Waals surface area contributed by atoms with Crippen LogP contribution in [0.5, 0.6) is 0 Å². The van der Waals surface area contributed by atoms with E-state index in [9.17, 15) is 4.79 Å². The summed E-state index contributed by atoms with van der Waals surface area (Å²) < 4.78 is 0. The zero-order valence-electron chi connectivity index (χ0n) is 12.6. The highest BCUT2D eigenvalue weighted by Crippen LogP contribution is 2.14. The van der Waals surface area contributed by atoms with Gasteiger partial charge in [-0.15, -0.1) is 0 Å². The molecule has 1 aliphatic rings. The average molecular weight is 274 g/mol. The van der Waals surface area contributed by atoms with E-state index in [1.165, 1.54) is 24.0 Å². The van der Waals surface area contributed by atoms with Crippen molar-refractivity contribution in [2.45, 2.75) is 58.0 Å². The molecule has 1 aromatic carbocycles. The Morgan fingerprint density at radius 2 is 2.10 bits per heavy atom. The van der Waals surface area contributed by atoms with Crippen molar-refractivity contribution in [1.82, 2.24) is 10.6 Å². The van der Waals surface area contributed by atoms with Crippen molar-refractivity contribution < 1.29 is 4.79 Å². The Kier molecular flexibility index (Phi) is 5.60. The van der Waals surface area contributed by atoms with Crippen LogP contribution in [-0.2, 0) is 11.3 Å². The molecule has 0 aromatic heterocycles. The monoisotopic (exact) mass is 274 g/mol. The predicted octanol–water partition coefficient (Wildman–Crippen LogP) is 2.96. The van der Waals surface area contributed by atoms with E-state index in [0.717, 1.165) is 13.0 Å². The van der Waals surface area contributed by atoms with Gasteiger partial charge in [0.1, 0.15) is 0 Å². The summed E-state index contributed by atoms with van der Waals surface area (Å²) in [6.07, 6.45) is 4.04. The van der Waals surface area contributed by atoms with Gasteiger partial charge in [-0.3, -0.25) is 4.79 Å². The zero-order chi connectivity index (χ0) is 14.4. The lowest BCUT2D eigenvalue weighted by atomic mass is 10.0. The number of hydrogen-bond donors (Lipinski definition) is 2. The van der Waals surface area contributed by atoms with Crippen LogP contribution in [0.15, 0.2) is 24.3 Å². The number of benzene rings is 1. The summed E-state index contributed by atoms with van der Waals surface area (Å²) >= 11 is 0. The smallest absolute Gasteiger partial charge is 0.220 e. The fourth-order valence-corrected chi connectivity index (χ4v) is 2.62. The van der Waals surface area contributed by atoms with Crippen LogP contribution in [0.1, 0.15) is 56.6 Å². The van der Waals surface area contributed by atoms with Gasteiger partial charge in [0, 0.05) is 19.0 Å². The molecule has 0 spiro atoms. The molecule has 2 rings (SSSR count). The molecule has 1 aromatic rings. The SMILES string of the molecule is CC(C)c1ccc(CNC(=O)CCC2CCCN2)cc1. The first-order valence-electron chi connectivity index (χ1n) is 7.74. The maximum absolute atomic E-state index is 11.8. The highest BCUT2D eigenvalue weighted by molar-refractivity contribution is 5.75. The Hall–Kier alpha value is -1.35. The van der Waals surface area contributed by atoms with E-state index in [2.05, 4.69) is 48.7 Å². The van der Waals surface area contributed by atoms with E-state index in [4.69, 9.17) is 0 Å². The molecular formula is C17H26N2O. The summed E-state index contributed by atoms with van der Waals surface area (Å²) in [5.74, 6) is 0.712. The highest BCUT2D eigenvalue weighted by Gasteiger charge is 2.14. The topological polar surface area (TPSA) is 41.1 Å². The summed E-state index contributed by atoms with van der Waals surface area (Å²) in [5, 5.41) is 6.43. The maximum atomic E-state index is 11.8. The number of amides is 1. The van der Waals surface area contributed by atoms with Crippen molar-refractivity contribution in [1.29, 1.82) is 0 Å². The second-order valence-corrected chi connectivity index (χ2v) is 6.00. The third-order valence-corrected chi connectivity index (χ3v) is 4.02. The van der Waals surface area contributed by atoms with E-state index < -0.39 is 0 Å². The molecule has 0 aliphatic carbocycles. The average Bonchev–Trinajstić information content (AvgIpc) is 2.96. The molecule has 3 nitrogen and oxygen atoms in total. The summed E-state index contributed by atoms with van der Waals surface area (Å²) in [7, 11) is 0. The van der Waals surface area contributed by atoms with Gasteiger partial charge in [-0.05, 0) is 42.9 Å². The first kappa shape index (κ1) is 15.0. The molecule has 2 N–H and O–H groups in total. The molecule has 1 atom stereocenters. The molecule has 1 saturated heterocycles. The zero-order valence-corrected chi connectivity index (χ0v) is 12.6. The standard InChI is InChI=1S/C17H26N2O/c1-13(2)15-7-5-14(6-8-15)12-19-17(20)10-9-16-4-3-11-18-16/h5-8,13,16,18H,3-4,9-12H2,1-2H3,(H,19,20).